The van der Waals surface area contributed by atoms with Crippen molar-refractivity contribution >= 4 is 11.8 Å². The first kappa shape index (κ1) is 17.7. The lowest BCUT2D eigenvalue weighted by Crippen LogP contribution is -2.39. The first-order valence-electron chi connectivity index (χ1n) is 8.47. The molecule has 0 aromatic heterocycles. The fourth-order valence-corrected chi connectivity index (χ4v) is 5.66. The maximum Gasteiger partial charge on any atom is 0.0456 e. The average molecular weight is 317 g/mol. The lowest BCUT2D eigenvalue weighted by atomic mass is 9.71. The molecule has 0 amide bonds. The summed E-state index contributed by atoms with van der Waals surface area (Å²) in [6.45, 7) is 16.4. The van der Waals surface area contributed by atoms with E-state index in [0.717, 1.165) is 19.3 Å². The van der Waals surface area contributed by atoms with E-state index in [9.17, 15) is 0 Å². The zero-order chi connectivity index (χ0) is 16.6. The summed E-state index contributed by atoms with van der Waals surface area (Å²) < 4.78 is 0.447. The molecule has 122 valence electrons. The van der Waals surface area contributed by atoms with Gasteiger partial charge >= 0.3 is 0 Å². The first-order valence-corrected chi connectivity index (χ1v) is 9.29. The summed E-state index contributed by atoms with van der Waals surface area (Å²) in [7, 11) is 0. The number of allylic oxidation sites excluding steroid dienone is 7. The Balaban J connectivity index is 2.47. The van der Waals surface area contributed by atoms with E-state index in [1.54, 1.807) is 5.57 Å². The summed E-state index contributed by atoms with van der Waals surface area (Å²) in [4.78, 5) is 0. The van der Waals surface area contributed by atoms with E-state index in [1.807, 2.05) is 0 Å². The monoisotopic (exact) mass is 316 g/mol. The predicted octanol–water partition coefficient (Wildman–Crippen LogP) is 6.86. The average Bonchev–Trinajstić information content (AvgIpc) is 2.81. The van der Waals surface area contributed by atoms with E-state index >= 15 is 0 Å². The molecule has 0 heterocycles. The highest BCUT2D eigenvalue weighted by molar-refractivity contribution is 8.02. The number of hydrogen-bond acceptors (Lipinski definition) is 1. The smallest absolute Gasteiger partial charge is 0.0456 e. The van der Waals surface area contributed by atoms with Crippen molar-refractivity contribution in [2.24, 2.45) is 5.41 Å². The van der Waals surface area contributed by atoms with Crippen molar-refractivity contribution in [3.8, 4) is 0 Å². The highest BCUT2D eigenvalue weighted by Crippen LogP contribution is 2.54. The van der Waals surface area contributed by atoms with Gasteiger partial charge in [-0.15, -0.1) is 11.8 Å². The molecule has 2 rings (SSSR count). The van der Waals surface area contributed by atoms with E-state index in [-0.39, 0.29) is 14.9 Å². The van der Waals surface area contributed by atoms with Crippen LogP contribution in [0.2, 0.25) is 0 Å². The van der Waals surface area contributed by atoms with Crippen LogP contribution in [0.3, 0.4) is 0 Å². The van der Waals surface area contributed by atoms with Crippen LogP contribution in [0.1, 0.15) is 67.7 Å². The van der Waals surface area contributed by atoms with Crippen LogP contribution in [0.5, 0.6) is 0 Å². The lowest BCUT2D eigenvalue weighted by molar-refractivity contribution is 0.434. The first-order chi connectivity index (χ1) is 10.0. The van der Waals surface area contributed by atoms with Gasteiger partial charge in [0, 0.05) is 9.49 Å². The predicted molar refractivity (Wildman–Crippen MR) is 102 cm³/mol. The van der Waals surface area contributed by atoms with Crippen molar-refractivity contribution in [3.63, 3.8) is 0 Å². The molecule has 2 aliphatic carbocycles. The molecule has 0 bridgehead atoms. The fourth-order valence-electron chi connectivity index (χ4n) is 3.61. The second-order valence-electron chi connectivity index (χ2n) is 8.76. The Labute approximate surface area is 141 Å². The lowest BCUT2D eigenvalue weighted by Gasteiger charge is -2.46. The zero-order valence-corrected chi connectivity index (χ0v) is 16.2. The zero-order valence-electron chi connectivity index (χ0n) is 15.4. The highest BCUT2D eigenvalue weighted by atomic mass is 32.2. The van der Waals surface area contributed by atoms with Gasteiger partial charge in [0.05, 0.1) is 0 Å². The Bertz CT molecular complexity index is 543. The van der Waals surface area contributed by atoms with Crippen LogP contribution >= 0.6 is 11.8 Å². The number of hydrogen-bond donors (Lipinski definition) is 0. The molecular formula is C21H32S. The third-order valence-electron chi connectivity index (χ3n) is 4.26. The van der Waals surface area contributed by atoms with Gasteiger partial charge in [-0.3, -0.25) is 0 Å². The molecule has 0 aromatic carbocycles. The van der Waals surface area contributed by atoms with Crippen LogP contribution in [0.25, 0.3) is 0 Å². The molecule has 2 aliphatic rings. The van der Waals surface area contributed by atoms with Gasteiger partial charge in [0.15, 0.2) is 0 Å². The van der Waals surface area contributed by atoms with Crippen molar-refractivity contribution in [2.45, 2.75) is 77.2 Å². The summed E-state index contributed by atoms with van der Waals surface area (Å²) in [5, 5.41) is 0. The van der Waals surface area contributed by atoms with Gasteiger partial charge in [0.1, 0.15) is 0 Å². The molecule has 0 radical (unpaired) electrons. The Kier molecular flexibility index (Phi) is 4.88. The van der Waals surface area contributed by atoms with Gasteiger partial charge in [0.2, 0.25) is 0 Å². The van der Waals surface area contributed by atoms with Crippen LogP contribution in [0.15, 0.2) is 47.1 Å². The van der Waals surface area contributed by atoms with E-state index < -0.39 is 0 Å². The Morgan fingerprint density at radius 3 is 2.27 bits per heavy atom. The Hall–Kier alpha value is -0.690. The van der Waals surface area contributed by atoms with Crippen molar-refractivity contribution in [3.05, 3.63) is 47.1 Å². The van der Waals surface area contributed by atoms with Gasteiger partial charge in [0.25, 0.3) is 0 Å². The molecule has 0 nitrogen and oxygen atoms in total. The normalized spacial score (nSPS) is 25.9. The summed E-state index contributed by atoms with van der Waals surface area (Å²) in [6.07, 6.45) is 15.3. The van der Waals surface area contributed by atoms with Gasteiger partial charge in [-0.2, -0.15) is 0 Å². The minimum Gasteiger partial charge on any atom is -0.144 e. The SMILES string of the molecule is CC1=CCC(CC2=CCC=C2)(SC(C)(C)C)C(C(C)(C)C)=C1. The van der Waals surface area contributed by atoms with Crippen molar-refractivity contribution in [1.82, 2.24) is 0 Å². The minimum atomic E-state index is 0.191. The van der Waals surface area contributed by atoms with E-state index in [4.69, 9.17) is 0 Å². The maximum absolute atomic E-state index is 2.46. The molecule has 0 saturated carbocycles. The molecule has 0 spiro atoms. The second kappa shape index (κ2) is 6.07. The number of rotatable bonds is 3. The molecule has 0 aromatic rings. The quantitative estimate of drug-likeness (QED) is 0.548. The molecule has 0 N–H and O–H groups in total. The van der Waals surface area contributed by atoms with E-state index in [2.05, 4.69) is 90.6 Å². The van der Waals surface area contributed by atoms with Gasteiger partial charge < -0.3 is 0 Å². The van der Waals surface area contributed by atoms with Crippen molar-refractivity contribution in [1.29, 1.82) is 0 Å². The van der Waals surface area contributed by atoms with Gasteiger partial charge in [-0.05, 0) is 37.2 Å². The standard InChI is InChI=1S/C21H32S/c1-16-12-13-21(22-20(5,6)7,15-17-10-8-9-11-17)18(14-16)19(2,3)4/h8,10-12,14H,9,13,15H2,1-7H3. The van der Waals surface area contributed by atoms with Crippen LogP contribution in [0, 0.1) is 5.41 Å². The summed E-state index contributed by atoms with van der Waals surface area (Å²) in [5.41, 5.74) is 4.75. The molecule has 0 saturated heterocycles. The second-order valence-corrected chi connectivity index (χ2v) is 11.0. The van der Waals surface area contributed by atoms with Crippen LogP contribution < -0.4 is 0 Å². The molecule has 0 fully saturated rings. The molecule has 22 heavy (non-hydrogen) atoms. The third-order valence-corrected chi connectivity index (χ3v) is 5.80. The molecule has 1 atom stereocenters. The van der Waals surface area contributed by atoms with Crippen LogP contribution in [-0.4, -0.2) is 9.49 Å². The van der Waals surface area contributed by atoms with Crippen LogP contribution in [-0.2, 0) is 0 Å². The molecular weight excluding hydrogens is 284 g/mol. The molecule has 0 aliphatic heterocycles. The van der Waals surface area contributed by atoms with Crippen LogP contribution in [0.4, 0.5) is 0 Å². The van der Waals surface area contributed by atoms with E-state index in [1.165, 1.54) is 11.1 Å². The summed E-state index contributed by atoms with van der Waals surface area (Å²) in [5.74, 6) is 0. The topological polar surface area (TPSA) is 0 Å². The third kappa shape index (κ3) is 4.19. The van der Waals surface area contributed by atoms with E-state index in [0.29, 0.717) is 0 Å². The molecule has 1 unspecified atom stereocenters. The Morgan fingerprint density at radius 1 is 1.09 bits per heavy atom. The number of thioether (sulfide) groups is 1. The Morgan fingerprint density at radius 2 is 1.77 bits per heavy atom. The highest BCUT2D eigenvalue weighted by Gasteiger charge is 2.43. The van der Waals surface area contributed by atoms with Gasteiger partial charge in [-0.25, -0.2) is 0 Å². The van der Waals surface area contributed by atoms with Gasteiger partial charge in [-0.1, -0.05) is 83.1 Å². The molecule has 1 heteroatoms. The minimum absolute atomic E-state index is 0.191. The van der Waals surface area contributed by atoms with Crippen molar-refractivity contribution < 1.29 is 0 Å². The maximum atomic E-state index is 2.46. The fraction of sp³-hybridized carbons (Fsp3) is 0.619. The largest absolute Gasteiger partial charge is 0.144 e. The van der Waals surface area contributed by atoms with Crippen molar-refractivity contribution in [2.75, 3.05) is 0 Å². The summed E-state index contributed by atoms with van der Waals surface area (Å²) >= 11 is 2.16. The summed E-state index contributed by atoms with van der Waals surface area (Å²) in [6, 6.07) is 0.